The van der Waals surface area contributed by atoms with E-state index in [1.165, 1.54) is 0 Å². The van der Waals surface area contributed by atoms with Crippen LogP contribution < -0.4 is 11.1 Å². The Hall–Kier alpha value is -1.63. The van der Waals surface area contributed by atoms with E-state index in [4.69, 9.17) is 10.2 Å². The zero-order valence-electron chi connectivity index (χ0n) is 9.69. The lowest BCUT2D eigenvalue weighted by Gasteiger charge is -2.14. The summed E-state index contributed by atoms with van der Waals surface area (Å²) >= 11 is 0. The minimum atomic E-state index is 0.175. The number of nitrogens with two attached hydrogens (primary N) is 1. The smallest absolute Gasteiger partial charge is 0.315 e. The Morgan fingerprint density at radius 2 is 2.18 bits per heavy atom. The highest BCUT2D eigenvalue weighted by molar-refractivity contribution is 5.76. The first-order chi connectivity index (χ1) is 8.29. The molecule has 1 fully saturated rings. The molecule has 0 unspecified atom stereocenters. The van der Waals surface area contributed by atoms with Gasteiger partial charge in [-0.05, 0) is 12.8 Å². The molecule has 1 aromatic heterocycles. The summed E-state index contributed by atoms with van der Waals surface area (Å²) in [6.07, 6.45) is 2.67. The monoisotopic (exact) mass is 239 g/mol. The summed E-state index contributed by atoms with van der Waals surface area (Å²) in [6, 6.07) is 0.319. The number of hydrogen-bond donors (Lipinski definition) is 2. The van der Waals surface area contributed by atoms with Gasteiger partial charge in [0.05, 0.1) is 6.54 Å². The summed E-state index contributed by atoms with van der Waals surface area (Å²) in [5.41, 5.74) is 5.34. The minimum Gasteiger partial charge on any atom is -0.407 e. The van der Waals surface area contributed by atoms with Crippen LogP contribution in [0.25, 0.3) is 0 Å². The van der Waals surface area contributed by atoms with Gasteiger partial charge in [-0.2, -0.15) is 0 Å². The molecule has 7 heteroatoms. The average molecular weight is 239 g/mol. The molecule has 0 radical (unpaired) electrons. The molecule has 2 rings (SSSR count). The van der Waals surface area contributed by atoms with Gasteiger partial charge < -0.3 is 20.4 Å². The van der Waals surface area contributed by atoms with Gasteiger partial charge in [0.15, 0.2) is 0 Å². The molecule has 1 aliphatic rings. The second-order valence-corrected chi connectivity index (χ2v) is 3.97. The molecule has 7 nitrogen and oxygen atoms in total. The summed E-state index contributed by atoms with van der Waals surface area (Å²) in [7, 11) is 0. The van der Waals surface area contributed by atoms with Crippen molar-refractivity contribution in [2.45, 2.75) is 25.8 Å². The van der Waals surface area contributed by atoms with Gasteiger partial charge in [0, 0.05) is 26.1 Å². The maximum atomic E-state index is 11.7. The van der Waals surface area contributed by atoms with Crippen molar-refractivity contribution in [2.24, 2.45) is 5.73 Å². The van der Waals surface area contributed by atoms with Crippen LogP contribution >= 0.6 is 0 Å². The molecule has 0 aromatic carbocycles. The zero-order chi connectivity index (χ0) is 12.1. The predicted octanol–water partition coefficient (Wildman–Crippen LogP) is -0.0473. The lowest BCUT2D eigenvalue weighted by molar-refractivity contribution is -0.129. The molecular formula is C10H17N5O2. The molecule has 3 N–H and O–H groups in total. The second kappa shape index (κ2) is 5.62. The zero-order valence-corrected chi connectivity index (χ0v) is 9.69. The number of rotatable bonds is 5. The number of amides is 1. The third-order valence-electron chi connectivity index (χ3n) is 2.72. The highest BCUT2D eigenvalue weighted by Crippen LogP contribution is 2.09. The fourth-order valence-electron chi connectivity index (χ4n) is 1.81. The van der Waals surface area contributed by atoms with Gasteiger partial charge in [0.2, 0.25) is 11.8 Å². The Morgan fingerprint density at radius 1 is 1.41 bits per heavy atom. The van der Waals surface area contributed by atoms with Crippen LogP contribution in [-0.2, 0) is 11.3 Å². The van der Waals surface area contributed by atoms with E-state index in [9.17, 15) is 4.79 Å². The first kappa shape index (κ1) is 11.8. The van der Waals surface area contributed by atoms with Crippen LogP contribution in [0.3, 0.4) is 0 Å². The van der Waals surface area contributed by atoms with Gasteiger partial charge in [-0.15, -0.1) is 5.10 Å². The largest absolute Gasteiger partial charge is 0.407 e. The van der Waals surface area contributed by atoms with Crippen molar-refractivity contribution in [3.63, 3.8) is 0 Å². The number of carbonyl (C=O) groups excluding carboxylic acids is 1. The van der Waals surface area contributed by atoms with Crippen LogP contribution in [0.15, 0.2) is 4.42 Å². The third kappa shape index (κ3) is 3.16. The van der Waals surface area contributed by atoms with Gasteiger partial charge in [0.25, 0.3) is 0 Å². The molecule has 0 aliphatic carbocycles. The molecule has 17 heavy (non-hydrogen) atoms. The van der Waals surface area contributed by atoms with Gasteiger partial charge in [-0.25, -0.2) is 0 Å². The summed E-state index contributed by atoms with van der Waals surface area (Å²) in [5.74, 6) is 0.562. The van der Waals surface area contributed by atoms with E-state index in [1.807, 2.05) is 4.90 Å². The highest BCUT2D eigenvalue weighted by atomic mass is 16.4. The summed E-state index contributed by atoms with van der Waals surface area (Å²) in [4.78, 5) is 13.6. The van der Waals surface area contributed by atoms with E-state index in [-0.39, 0.29) is 12.5 Å². The van der Waals surface area contributed by atoms with E-state index < -0.39 is 0 Å². The molecule has 1 saturated heterocycles. The lowest BCUT2D eigenvalue weighted by Crippen LogP contribution is -2.29. The van der Waals surface area contributed by atoms with Crippen molar-refractivity contribution in [3.05, 3.63) is 5.89 Å². The number of nitrogens with one attached hydrogen (secondary N) is 1. The first-order valence-corrected chi connectivity index (χ1v) is 5.83. The number of carbonyl (C=O) groups is 1. The normalized spacial score (nSPS) is 15.2. The Kier molecular flexibility index (Phi) is 3.92. The quantitative estimate of drug-likeness (QED) is 0.747. The Morgan fingerprint density at radius 3 is 2.82 bits per heavy atom. The van der Waals surface area contributed by atoms with Crippen LogP contribution in [0, 0.1) is 0 Å². The molecule has 0 bridgehead atoms. The van der Waals surface area contributed by atoms with Crippen LogP contribution in [0.5, 0.6) is 0 Å². The molecular weight excluding hydrogens is 222 g/mol. The first-order valence-electron chi connectivity index (χ1n) is 5.83. The number of nitrogens with zero attached hydrogens (tertiary/aromatic N) is 3. The molecule has 0 saturated carbocycles. The van der Waals surface area contributed by atoms with E-state index >= 15 is 0 Å². The second-order valence-electron chi connectivity index (χ2n) is 3.97. The van der Waals surface area contributed by atoms with E-state index in [1.54, 1.807) is 0 Å². The maximum absolute atomic E-state index is 11.7. The number of likely N-dealkylation sites (tertiary alicyclic amines) is 1. The van der Waals surface area contributed by atoms with Crippen LogP contribution in [0.2, 0.25) is 0 Å². The van der Waals surface area contributed by atoms with E-state index in [2.05, 4.69) is 15.5 Å². The van der Waals surface area contributed by atoms with Crippen LogP contribution in [0.1, 0.15) is 25.2 Å². The highest BCUT2D eigenvalue weighted by Gasteiger charge is 2.17. The Labute approximate surface area is 99.4 Å². The van der Waals surface area contributed by atoms with Crippen molar-refractivity contribution in [3.8, 4) is 0 Å². The van der Waals surface area contributed by atoms with E-state index in [0.29, 0.717) is 24.9 Å². The summed E-state index contributed by atoms with van der Waals surface area (Å²) < 4.78 is 5.16. The van der Waals surface area contributed by atoms with Gasteiger partial charge in [0.1, 0.15) is 0 Å². The number of anilines is 1. The molecule has 1 aromatic rings. The lowest BCUT2D eigenvalue weighted by atomic mass is 10.3. The number of hydrogen-bond acceptors (Lipinski definition) is 6. The SMILES string of the molecule is NCc1nnc(NCCC(=O)N2CCCC2)o1. The standard InChI is InChI=1S/C10H17N5O2/c11-7-8-13-14-10(17-8)12-4-3-9(16)15-5-1-2-6-15/h1-7,11H2,(H,12,14). The third-order valence-corrected chi connectivity index (χ3v) is 2.72. The molecule has 1 aliphatic heterocycles. The van der Waals surface area contributed by atoms with Gasteiger partial charge >= 0.3 is 6.01 Å². The fraction of sp³-hybridized carbons (Fsp3) is 0.700. The van der Waals surface area contributed by atoms with Crippen molar-refractivity contribution < 1.29 is 9.21 Å². The van der Waals surface area contributed by atoms with Gasteiger partial charge in [-0.1, -0.05) is 5.10 Å². The Balaban J connectivity index is 1.69. The van der Waals surface area contributed by atoms with E-state index in [0.717, 1.165) is 25.9 Å². The number of aromatic nitrogens is 2. The topological polar surface area (TPSA) is 97.3 Å². The van der Waals surface area contributed by atoms with Crippen molar-refractivity contribution in [1.29, 1.82) is 0 Å². The average Bonchev–Trinajstić information content (AvgIpc) is 3.00. The van der Waals surface area contributed by atoms with Crippen LogP contribution in [0.4, 0.5) is 6.01 Å². The minimum absolute atomic E-state index is 0.175. The molecule has 94 valence electrons. The van der Waals surface area contributed by atoms with Crippen molar-refractivity contribution in [2.75, 3.05) is 25.0 Å². The molecule has 1 amide bonds. The maximum Gasteiger partial charge on any atom is 0.315 e. The predicted molar refractivity (Wildman–Crippen MR) is 61.1 cm³/mol. The molecule has 2 heterocycles. The van der Waals surface area contributed by atoms with Crippen molar-refractivity contribution >= 4 is 11.9 Å². The summed E-state index contributed by atoms with van der Waals surface area (Å²) in [6.45, 7) is 2.50. The Bertz CT molecular complexity index is 373. The van der Waals surface area contributed by atoms with Gasteiger partial charge in [-0.3, -0.25) is 4.79 Å². The van der Waals surface area contributed by atoms with Crippen LogP contribution in [-0.4, -0.2) is 40.6 Å². The fourth-order valence-corrected chi connectivity index (χ4v) is 1.81. The summed E-state index contributed by atoms with van der Waals surface area (Å²) in [5, 5.41) is 10.4. The van der Waals surface area contributed by atoms with Crippen molar-refractivity contribution in [1.82, 2.24) is 15.1 Å². The molecule has 0 atom stereocenters. The molecule has 0 spiro atoms.